The van der Waals surface area contributed by atoms with Crippen LogP contribution in [0.2, 0.25) is 0 Å². The summed E-state index contributed by atoms with van der Waals surface area (Å²) in [5.41, 5.74) is 5.37. The molecule has 0 bridgehead atoms. The van der Waals surface area contributed by atoms with Crippen LogP contribution in [-0.2, 0) is 13.0 Å². The molecule has 0 amide bonds. The molecule has 3 heterocycles. The molecule has 2 aliphatic heterocycles. The lowest BCUT2D eigenvalue weighted by Crippen LogP contribution is -2.42. The summed E-state index contributed by atoms with van der Waals surface area (Å²) in [5.74, 6) is 2.33. The van der Waals surface area contributed by atoms with Crippen molar-refractivity contribution in [1.29, 1.82) is 0 Å². The normalized spacial score (nSPS) is 17.0. The largest absolute Gasteiger partial charge is 0.368 e. The molecule has 1 saturated heterocycles. The first-order chi connectivity index (χ1) is 15.7. The van der Waals surface area contributed by atoms with Crippen molar-refractivity contribution in [3.8, 4) is 0 Å². The Bertz CT molecular complexity index is 897. The minimum Gasteiger partial charge on any atom is -0.368 e. The van der Waals surface area contributed by atoms with Crippen LogP contribution in [0.25, 0.3) is 0 Å². The molecule has 0 atom stereocenters. The first-order valence-corrected chi connectivity index (χ1v) is 12.4. The molecule has 1 fully saturated rings. The summed E-state index contributed by atoms with van der Waals surface area (Å²) in [7, 11) is 0. The molecule has 1 aromatic carbocycles. The molecule has 2 N–H and O–H groups in total. The van der Waals surface area contributed by atoms with Gasteiger partial charge in [0.25, 0.3) is 0 Å². The van der Waals surface area contributed by atoms with Crippen LogP contribution in [0.4, 0.5) is 11.5 Å². The number of pyridine rings is 1. The van der Waals surface area contributed by atoms with Crippen molar-refractivity contribution >= 4 is 11.5 Å². The van der Waals surface area contributed by atoms with E-state index in [1.165, 1.54) is 41.0 Å². The average molecular weight is 434 g/mol. The number of benzene rings is 1. The molecular formula is C27H39N5. The van der Waals surface area contributed by atoms with Gasteiger partial charge in [-0.2, -0.15) is 0 Å². The molecule has 2 aliphatic rings. The highest BCUT2D eigenvalue weighted by Crippen LogP contribution is 2.31. The van der Waals surface area contributed by atoms with Crippen LogP contribution in [0.5, 0.6) is 0 Å². The number of aromatic nitrogens is 1. The molecule has 1 aromatic heterocycles. The standard InChI is InChI=1S/C27H39N5/c1-4-6-7-27(32-17-12-23-18-21(3)8-10-25(23)32)30-20-22-9-11-26(29-19-22)31-15-13-24(14-16-31)28-5-2/h7-11,18-19,24,28,30H,4-6,12-17,20H2,1-3H3/b27-7+. The van der Waals surface area contributed by atoms with Crippen LogP contribution in [0.1, 0.15) is 56.2 Å². The summed E-state index contributed by atoms with van der Waals surface area (Å²) in [4.78, 5) is 9.65. The van der Waals surface area contributed by atoms with E-state index < -0.39 is 0 Å². The quantitative estimate of drug-likeness (QED) is 0.597. The van der Waals surface area contributed by atoms with Crippen molar-refractivity contribution in [3.05, 3.63) is 65.1 Å². The van der Waals surface area contributed by atoms with E-state index in [1.807, 2.05) is 6.20 Å². The van der Waals surface area contributed by atoms with E-state index in [0.29, 0.717) is 6.04 Å². The minimum absolute atomic E-state index is 0.660. The van der Waals surface area contributed by atoms with E-state index in [-0.39, 0.29) is 0 Å². The third kappa shape index (κ3) is 5.44. The number of unbranched alkanes of at least 4 members (excludes halogenated alkanes) is 1. The van der Waals surface area contributed by atoms with E-state index >= 15 is 0 Å². The van der Waals surface area contributed by atoms with Crippen molar-refractivity contribution in [2.75, 3.05) is 36.0 Å². The number of nitrogens with zero attached hydrogens (tertiary/aromatic N) is 3. The number of anilines is 2. The molecular weight excluding hydrogens is 394 g/mol. The highest BCUT2D eigenvalue weighted by molar-refractivity contribution is 5.62. The van der Waals surface area contributed by atoms with Gasteiger partial charge in [-0.25, -0.2) is 4.98 Å². The Balaban J connectivity index is 1.37. The third-order valence-corrected chi connectivity index (χ3v) is 6.64. The number of hydrogen-bond acceptors (Lipinski definition) is 5. The zero-order chi connectivity index (χ0) is 22.3. The maximum absolute atomic E-state index is 4.79. The molecule has 4 rings (SSSR count). The molecule has 0 radical (unpaired) electrons. The van der Waals surface area contributed by atoms with Gasteiger partial charge in [0.1, 0.15) is 11.6 Å². The number of hydrogen-bond donors (Lipinski definition) is 2. The van der Waals surface area contributed by atoms with Crippen molar-refractivity contribution in [3.63, 3.8) is 0 Å². The van der Waals surface area contributed by atoms with Gasteiger partial charge in [0.15, 0.2) is 0 Å². The van der Waals surface area contributed by atoms with Crippen LogP contribution >= 0.6 is 0 Å². The molecule has 2 aromatic rings. The van der Waals surface area contributed by atoms with Crippen LogP contribution < -0.4 is 20.4 Å². The summed E-state index contributed by atoms with van der Waals surface area (Å²) in [6.45, 7) is 11.7. The first kappa shape index (κ1) is 22.7. The summed E-state index contributed by atoms with van der Waals surface area (Å²) < 4.78 is 0. The number of fused-ring (bicyclic) bond motifs is 1. The lowest BCUT2D eigenvalue weighted by atomic mass is 10.1. The minimum atomic E-state index is 0.660. The smallest absolute Gasteiger partial charge is 0.128 e. The Morgan fingerprint density at radius 2 is 1.97 bits per heavy atom. The molecule has 172 valence electrons. The molecule has 5 nitrogen and oxygen atoms in total. The van der Waals surface area contributed by atoms with Gasteiger partial charge in [0, 0.05) is 44.1 Å². The van der Waals surface area contributed by atoms with Crippen LogP contribution in [0, 0.1) is 6.92 Å². The molecule has 0 spiro atoms. The molecule has 0 aliphatic carbocycles. The predicted molar refractivity (Wildman–Crippen MR) is 135 cm³/mol. The summed E-state index contributed by atoms with van der Waals surface area (Å²) in [6.07, 6.45) is 10.1. The highest BCUT2D eigenvalue weighted by atomic mass is 15.3. The number of allylic oxidation sites excluding steroid dienone is 1. The summed E-state index contributed by atoms with van der Waals surface area (Å²) in [6, 6.07) is 11.9. The predicted octanol–water partition coefficient (Wildman–Crippen LogP) is 4.76. The SMILES string of the molecule is CCC/C=C(\NCc1ccc(N2CCC(NCC)CC2)nc1)N1CCc2cc(C)ccc21. The van der Waals surface area contributed by atoms with Crippen molar-refractivity contribution in [1.82, 2.24) is 15.6 Å². The number of rotatable bonds is 9. The fourth-order valence-electron chi connectivity index (χ4n) is 4.84. The van der Waals surface area contributed by atoms with Gasteiger partial charge >= 0.3 is 0 Å². The average Bonchev–Trinajstić information content (AvgIpc) is 3.23. The van der Waals surface area contributed by atoms with E-state index in [4.69, 9.17) is 4.98 Å². The number of piperidine rings is 1. The van der Waals surface area contributed by atoms with Gasteiger partial charge in [-0.1, -0.05) is 44.0 Å². The van der Waals surface area contributed by atoms with Crippen LogP contribution in [-0.4, -0.2) is 37.2 Å². The Labute approximate surface area is 193 Å². The Morgan fingerprint density at radius 3 is 2.69 bits per heavy atom. The lowest BCUT2D eigenvalue weighted by molar-refractivity contribution is 0.422. The Kier molecular flexibility index (Phi) is 7.69. The van der Waals surface area contributed by atoms with Crippen molar-refractivity contribution < 1.29 is 0 Å². The fourth-order valence-corrected chi connectivity index (χ4v) is 4.84. The Morgan fingerprint density at radius 1 is 1.12 bits per heavy atom. The van der Waals surface area contributed by atoms with E-state index in [0.717, 1.165) is 57.8 Å². The zero-order valence-electron chi connectivity index (χ0n) is 20.0. The fraction of sp³-hybridized carbons (Fsp3) is 0.519. The van der Waals surface area contributed by atoms with Gasteiger partial charge in [-0.15, -0.1) is 0 Å². The second-order valence-electron chi connectivity index (χ2n) is 9.11. The van der Waals surface area contributed by atoms with E-state index in [2.05, 4.69) is 77.6 Å². The van der Waals surface area contributed by atoms with E-state index in [9.17, 15) is 0 Å². The Hall–Kier alpha value is -2.53. The third-order valence-electron chi connectivity index (χ3n) is 6.64. The molecule has 32 heavy (non-hydrogen) atoms. The van der Waals surface area contributed by atoms with Gasteiger partial charge in [0.2, 0.25) is 0 Å². The number of aryl methyl sites for hydroxylation is 1. The topological polar surface area (TPSA) is 43.4 Å². The second-order valence-corrected chi connectivity index (χ2v) is 9.11. The zero-order valence-corrected chi connectivity index (χ0v) is 20.0. The molecule has 0 unspecified atom stereocenters. The van der Waals surface area contributed by atoms with Crippen LogP contribution in [0.3, 0.4) is 0 Å². The second kappa shape index (κ2) is 10.9. The monoisotopic (exact) mass is 433 g/mol. The highest BCUT2D eigenvalue weighted by Gasteiger charge is 2.22. The van der Waals surface area contributed by atoms with Gasteiger partial charge in [-0.3, -0.25) is 0 Å². The van der Waals surface area contributed by atoms with Gasteiger partial charge in [-0.05, 0) is 68.5 Å². The molecule has 0 saturated carbocycles. The maximum Gasteiger partial charge on any atom is 0.128 e. The molecule has 5 heteroatoms. The maximum atomic E-state index is 4.79. The van der Waals surface area contributed by atoms with Crippen molar-refractivity contribution in [2.24, 2.45) is 0 Å². The van der Waals surface area contributed by atoms with Crippen LogP contribution in [0.15, 0.2) is 48.4 Å². The lowest BCUT2D eigenvalue weighted by Gasteiger charge is -2.33. The summed E-state index contributed by atoms with van der Waals surface area (Å²) in [5, 5.41) is 7.29. The number of nitrogens with one attached hydrogen (secondary N) is 2. The van der Waals surface area contributed by atoms with Gasteiger partial charge < -0.3 is 20.4 Å². The van der Waals surface area contributed by atoms with Gasteiger partial charge in [0.05, 0.1) is 0 Å². The van der Waals surface area contributed by atoms with E-state index in [1.54, 1.807) is 0 Å². The van der Waals surface area contributed by atoms with Crippen molar-refractivity contribution in [2.45, 2.75) is 65.5 Å². The first-order valence-electron chi connectivity index (χ1n) is 12.4. The summed E-state index contributed by atoms with van der Waals surface area (Å²) >= 11 is 0.